The molecule has 0 radical (unpaired) electrons. The minimum Gasteiger partial charge on any atom is -0.379 e. The summed E-state index contributed by atoms with van der Waals surface area (Å²) >= 11 is 0. The zero-order chi connectivity index (χ0) is 8.77. The fourth-order valence-electron chi connectivity index (χ4n) is 1.14. The monoisotopic (exact) mass is 182 g/mol. The number of fused-ring (bicyclic) bond motifs is 1. The lowest BCUT2D eigenvalue weighted by atomic mass is 10.2. The van der Waals surface area contributed by atoms with E-state index in [0.717, 1.165) is 0 Å². The van der Waals surface area contributed by atoms with E-state index in [4.69, 9.17) is 0 Å². The van der Waals surface area contributed by atoms with E-state index in [0.29, 0.717) is 5.56 Å². The second-order valence-electron chi connectivity index (χ2n) is 2.46. The van der Waals surface area contributed by atoms with Crippen LogP contribution in [0.3, 0.4) is 0 Å². The van der Waals surface area contributed by atoms with Crippen LogP contribution < -0.4 is 0 Å². The van der Waals surface area contributed by atoms with E-state index in [2.05, 4.69) is 10.8 Å². The summed E-state index contributed by atoms with van der Waals surface area (Å²) in [5.74, 6) is 0.200. The van der Waals surface area contributed by atoms with Crippen molar-refractivity contribution in [1.82, 2.24) is 0 Å². The minimum absolute atomic E-state index is 0.200. The summed E-state index contributed by atoms with van der Waals surface area (Å²) in [4.78, 5) is 0.204. The van der Waals surface area contributed by atoms with E-state index in [1.807, 2.05) is 0 Å². The van der Waals surface area contributed by atoms with Gasteiger partial charge in [0.1, 0.15) is 10.7 Å². The van der Waals surface area contributed by atoms with Gasteiger partial charge in [0.25, 0.3) is 0 Å². The zero-order valence-corrected chi connectivity index (χ0v) is 6.97. The van der Waals surface area contributed by atoms with Crippen molar-refractivity contribution in [3.63, 3.8) is 0 Å². The fraction of sp³-hybridized carbons (Fsp3) is 0. The topological polar surface area (TPSA) is 43.4 Å². The summed E-state index contributed by atoms with van der Waals surface area (Å²) in [6.45, 7) is 3.49. The van der Waals surface area contributed by atoms with Crippen molar-refractivity contribution >= 4 is 15.9 Å². The molecule has 1 heterocycles. The first kappa shape index (κ1) is 7.36. The Kier molecular flexibility index (Phi) is 1.29. The summed E-state index contributed by atoms with van der Waals surface area (Å²) in [6, 6.07) is 6.57. The maximum absolute atomic E-state index is 11.2. The molecule has 0 saturated carbocycles. The molecule has 1 aliphatic rings. The molecule has 0 bridgehead atoms. The quantitative estimate of drug-likeness (QED) is 0.569. The molecule has 0 saturated heterocycles. The van der Waals surface area contributed by atoms with Crippen LogP contribution in [0.15, 0.2) is 35.7 Å². The van der Waals surface area contributed by atoms with Gasteiger partial charge in [-0.15, -0.1) is 0 Å². The molecular formula is C8H6O3S. The van der Waals surface area contributed by atoms with Gasteiger partial charge in [-0.2, -0.15) is 8.42 Å². The second-order valence-corrected chi connectivity index (χ2v) is 3.97. The van der Waals surface area contributed by atoms with Crippen molar-refractivity contribution in [2.45, 2.75) is 4.90 Å². The van der Waals surface area contributed by atoms with Gasteiger partial charge in [0.2, 0.25) is 0 Å². The largest absolute Gasteiger partial charge is 0.379 e. The second kappa shape index (κ2) is 2.10. The van der Waals surface area contributed by atoms with Crippen molar-refractivity contribution in [2.75, 3.05) is 0 Å². The van der Waals surface area contributed by atoms with E-state index >= 15 is 0 Å². The smallest absolute Gasteiger partial charge is 0.339 e. The lowest BCUT2D eigenvalue weighted by Gasteiger charge is -1.91. The van der Waals surface area contributed by atoms with Gasteiger partial charge >= 0.3 is 10.1 Å². The van der Waals surface area contributed by atoms with Gasteiger partial charge in [0.15, 0.2) is 0 Å². The molecule has 0 aromatic heterocycles. The minimum atomic E-state index is -3.55. The fourth-order valence-corrected chi connectivity index (χ4v) is 2.28. The molecule has 0 spiro atoms. The highest BCUT2D eigenvalue weighted by molar-refractivity contribution is 7.87. The first-order valence-corrected chi connectivity index (χ1v) is 4.75. The van der Waals surface area contributed by atoms with E-state index < -0.39 is 10.1 Å². The van der Waals surface area contributed by atoms with E-state index in [-0.39, 0.29) is 10.7 Å². The highest BCUT2D eigenvalue weighted by atomic mass is 32.2. The van der Waals surface area contributed by atoms with Crippen LogP contribution in [-0.2, 0) is 14.3 Å². The van der Waals surface area contributed by atoms with Crippen LogP contribution in [0.25, 0.3) is 5.76 Å². The molecule has 12 heavy (non-hydrogen) atoms. The van der Waals surface area contributed by atoms with Crippen molar-refractivity contribution in [2.24, 2.45) is 0 Å². The molecule has 0 aliphatic carbocycles. The third-order valence-electron chi connectivity index (χ3n) is 1.67. The van der Waals surface area contributed by atoms with Crippen LogP contribution >= 0.6 is 0 Å². The number of hydrogen-bond acceptors (Lipinski definition) is 3. The molecule has 0 amide bonds. The Bertz CT molecular complexity index is 445. The Hall–Kier alpha value is -1.29. The number of benzene rings is 1. The molecule has 1 aliphatic heterocycles. The van der Waals surface area contributed by atoms with Gasteiger partial charge in [0, 0.05) is 5.56 Å². The van der Waals surface area contributed by atoms with Crippen LogP contribution in [0, 0.1) is 0 Å². The summed E-state index contributed by atoms with van der Waals surface area (Å²) in [5.41, 5.74) is 0.553. The normalized spacial score (nSPS) is 18.5. The Morgan fingerprint density at radius 1 is 1.25 bits per heavy atom. The Morgan fingerprint density at radius 3 is 2.58 bits per heavy atom. The molecule has 3 nitrogen and oxygen atoms in total. The van der Waals surface area contributed by atoms with Crippen LogP contribution in [0.1, 0.15) is 5.56 Å². The first-order valence-electron chi connectivity index (χ1n) is 3.34. The van der Waals surface area contributed by atoms with E-state index in [1.165, 1.54) is 6.07 Å². The van der Waals surface area contributed by atoms with E-state index in [1.54, 1.807) is 18.2 Å². The van der Waals surface area contributed by atoms with Gasteiger partial charge in [-0.3, -0.25) is 0 Å². The molecule has 0 fully saturated rings. The van der Waals surface area contributed by atoms with Crippen LogP contribution in [0.4, 0.5) is 0 Å². The van der Waals surface area contributed by atoms with E-state index in [9.17, 15) is 8.42 Å². The van der Waals surface area contributed by atoms with Crippen LogP contribution in [-0.4, -0.2) is 8.42 Å². The SMILES string of the molecule is C=C1OS(=O)(=O)c2ccccc21. The average molecular weight is 182 g/mol. The van der Waals surface area contributed by atoms with Crippen molar-refractivity contribution < 1.29 is 12.6 Å². The highest BCUT2D eigenvalue weighted by Gasteiger charge is 2.30. The van der Waals surface area contributed by atoms with Crippen molar-refractivity contribution in [3.8, 4) is 0 Å². The predicted octanol–water partition coefficient (Wildman–Crippen LogP) is 1.38. The van der Waals surface area contributed by atoms with Crippen LogP contribution in [0.2, 0.25) is 0 Å². The van der Waals surface area contributed by atoms with Gasteiger partial charge in [0.05, 0.1) is 0 Å². The Morgan fingerprint density at radius 2 is 1.92 bits per heavy atom. The van der Waals surface area contributed by atoms with Crippen LogP contribution in [0.5, 0.6) is 0 Å². The van der Waals surface area contributed by atoms with Crippen molar-refractivity contribution in [3.05, 3.63) is 36.4 Å². The molecule has 0 N–H and O–H groups in total. The van der Waals surface area contributed by atoms with Gasteiger partial charge in [-0.1, -0.05) is 18.7 Å². The molecule has 1 aromatic rings. The summed E-state index contributed by atoms with van der Waals surface area (Å²) in [6.07, 6.45) is 0. The standard InChI is InChI=1S/C8H6O3S/c1-6-7-4-2-3-5-8(7)12(9,10)11-6/h2-5H,1H2. The van der Waals surface area contributed by atoms with Gasteiger partial charge < -0.3 is 4.18 Å². The molecule has 1 aromatic carbocycles. The molecule has 0 unspecified atom stereocenters. The number of hydrogen-bond donors (Lipinski definition) is 0. The maximum atomic E-state index is 11.2. The Balaban J connectivity index is 2.83. The third kappa shape index (κ3) is 0.848. The zero-order valence-electron chi connectivity index (χ0n) is 6.15. The summed E-state index contributed by atoms with van der Waals surface area (Å²) in [7, 11) is -3.55. The molecule has 4 heteroatoms. The maximum Gasteiger partial charge on any atom is 0.339 e. The third-order valence-corrected chi connectivity index (χ3v) is 2.98. The highest BCUT2D eigenvalue weighted by Crippen LogP contribution is 2.33. The molecule has 2 rings (SSSR count). The van der Waals surface area contributed by atoms with Gasteiger partial charge in [-0.25, -0.2) is 0 Å². The summed E-state index contributed by atoms with van der Waals surface area (Å²) < 4.78 is 27.0. The molecular weight excluding hydrogens is 176 g/mol. The Labute approximate surface area is 70.4 Å². The molecule has 0 atom stereocenters. The summed E-state index contributed by atoms with van der Waals surface area (Å²) in [5, 5.41) is 0. The van der Waals surface area contributed by atoms with Crippen molar-refractivity contribution in [1.29, 1.82) is 0 Å². The first-order chi connectivity index (χ1) is 5.61. The lowest BCUT2D eigenvalue weighted by molar-refractivity contribution is 0.478. The lowest BCUT2D eigenvalue weighted by Crippen LogP contribution is -1.95. The average Bonchev–Trinajstić information content (AvgIpc) is 2.25. The predicted molar refractivity (Wildman–Crippen MR) is 43.7 cm³/mol. The van der Waals surface area contributed by atoms with Gasteiger partial charge in [-0.05, 0) is 12.1 Å². The molecule has 62 valence electrons. The number of rotatable bonds is 0.